The highest BCUT2D eigenvalue weighted by Crippen LogP contribution is 2.36. The van der Waals surface area contributed by atoms with Gasteiger partial charge in [-0.1, -0.05) is 12.8 Å². The van der Waals surface area contributed by atoms with Gasteiger partial charge in [-0.15, -0.1) is 0 Å². The molecule has 1 saturated carbocycles. The van der Waals surface area contributed by atoms with Gasteiger partial charge in [0.15, 0.2) is 0 Å². The van der Waals surface area contributed by atoms with Crippen molar-refractivity contribution >= 4 is 0 Å². The minimum atomic E-state index is 0.0474. The Hall–Kier alpha value is -1.20. The van der Waals surface area contributed by atoms with Gasteiger partial charge < -0.3 is 4.74 Å². The van der Waals surface area contributed by atoms with E-state index in [9.17, 15) is 0 Å². The zero-order chi connectivity index (χ0) is 11.4. The maximum absolute atomic E-state index is 5.63. The van der Waals surface area contributed by atoms with Crippen molar-refractivity contribution in [2.24, 2.45) is 11.8 Å². The number of hydrogen-bond acceptors (Lipinski definition) is 5. The van der Waals surface area contributed by atoms with Gasteiger partial charge in [-0.25, -0.2) is 4.98 Å². The predicted octanol–water partition coefficient (Wildman–Crippen LogP) is 1.18. The molecule has 0 bridgehead atoms. The number of nitrogens with one attached hydrogen (secondary N) is 1. The number of rotatable bonds is 4. The average molecular weight is 222 g/mol. The van der Waals surface area contributed by atoms with Crippen LogP contribution in [0, 0.1) is 5.92 Å². The molecule has 0 aliphatic heterocycles. The number of hydrazine groups is 1. The Kier molecular flexibility index (Phi) is 3.69. The van der Waals surface area contributed by atoms with E-state index in [1.54, 1.807) is 19.5 Å². The van der Waals surface area contributed by atoms with Crippen LogP contribution < -0.4 is 16.0 Å². The van der Waals surface area contributed by atoms with Crippen molar-refractivity contribution in [1.82, 2.24) is 15.4 Å². The summed E-state index contributed by atoms with van der Waals surface area (Å²) in [5.74, 6) is 6.74. The van der Waals surface area contributed by atoms with Crippen molar-refractivity contribution in [3.05, 3.63) is 18.1 Å². The third-order valence-electron chi connectivity index (χ3n) is 3.23. The number of aromatic nitrogens is 2. The van der Waals surface area contributed by atoms with Crippen molar-refractivity contribution in [2.75, 3.05) is 7.11 Å². The summed E-state index contributed by atoms with van der Waals surface area (Å²) in [6.07, 6.45) is 8.22. The summed E-state index contributed by atoms with van der Waals surface area (Å²) >= 11 is 0. The molecule has 0 aromatic carbocycles. The second kappa shape index (κ2) is 5.23. The lowest BCUT2D eigenvalue weighted by molar-refractivity contribution is 0.333. The molecule has 0 saturated heterocycles. The molecule has 1 heterocycles. The fourth-order valence-electron chi connectivity index (χ4n) is 2.44. The molecule has 16 heavy (non-hydrogen) atoms. The summed E-state index contributed by atoms with van der Waals surface area (Å²) in [6, 6.07) is 0.0474. The Morgan fingerprint density at radius 2 is 2.06 bits per heavy atom. The van der Waals surface area contributed by atoms with Crippen LogP contribution in [0.2, 0.25) is 0 Å². The van der Waals surface area contributed by atoms with Gasteiger partial charge in [0.2, 0.25) is 5.88 Å². The molecule has 1 aromatic rings. The first-order valence-electron chi connectivity index (χ1n) is 5.68. The number of nitrogens with two attached hydrogens (primary N) is 1. The summed E-state index contributed by atoms with van der Waals surface area (Å²) < 4.78 is 5.22. The van der Waals surface area contributed by atoms with Crippen molar-refractivity contribution in [3.63, 3.8) is 0 Å². The molecule has 88 valence electrons. The van der Waals surface area contributed by atoms with Gasteiger partial charge in [0.25, 0.3) is 0 Å². The Morgan fingerprint density at radius 1 is 1.38 bits per heavy atom. The smallest absolute Gasteiger partial charge is 0.237 e. The van der Waals surface area contributed by atoms with E-state index in [-0.39, 0.29) is 6.04 Å². The lowest BCUT2D eigenvalue weighted by atomic mass is 9.96. The van der Waals surface area contributed by atoms with Gasteiger partial charge in [0, 0.05) is 12.4 Å². The average Bonchev–Trinajstić information content (AvgIpc) is 2.84. The lowest BCUT2D eigenvalue weighted by Gasteiger charge is -2.22. The van der Waals surface area contributed by atoms with E-state index in [2.05, 4.69) is 15.4 Å². The van der Waals surface area contributed by atoms with Crippen molar-refractivity contribution in [3.8, 4) is 5.88 Å². The van der Waals surface area contributed by atoms with Gasteiger partial charge >= 0.3 is 0 Å². The Labute approximate surface area is 95.4 Å². The second-order valence-electron chi connectivity index (χ2n) is 4.14. The Morgan fingerprint density at radius 3 is 2.69 bits per heavy atom. The molecular formula is C11H18N4O. The zero-order valence-electron chi connectivity index (χ0n) is 9.52. The summed E-state index contributed by atoms with van der Waals surface area (Å²) in [6.45, 7) is 0. The van der Waals surface area contributed by atoms with E-state index < -0.39 is 0 Å². The van der Waals surface area contributed by atoms with Crippen LogP contribution in [0.3, 0.4) is 0 Å². The molecule has 1 unspecified atom stereocenters. The van der Waals surface area contributed by atoms with E-state index in [4.69, 9.17) is 10.6 Å². The van der Waals surface area contributed by atoms with Gasteiger partial charge in [-0.3, -0.25) is 16.3 Å². The Bertz CT molecular complexity index is 339. The maximum Gasteiger partial charge on any atom is 0.237 e. The Balaban J connectivity index is 2.24. The highest BCUT2D eigenvalue weighted by molar-refractivity contribution is 5.22. The minimum absolute atomic E-state index is 0.0474. The van der Waals surface area contributed by atoms with E-state index in [0.29, 0.717) is 11.8 Å². The largest absolute Gasteiger partial charge is 0.480 e. The maximum atomic E-state index is 5.63. The van der Waals surface area contributed by atoms with Gasteiger partial charge in [0.1, 0.15) is 5.69 Å². The van der Waals surface area contributed by atoms with Crippen LogP contribution in [-0.2, 0) is 0 Å². The topological polar surface area (TPSA) is 73.1 Å². The molecule has 1 aromatic heterocycles. The van der Waals surface area contributed by atoms with Gasteiger partial charge in [-0.05, 0) is 18.8 Å². The molecule has 0 spiro atoms. The van der Waals surface area contributed by atoms with Crippen LogP contribution in [0.25, 0.3) is 0 Å². The first-order valence-corrected chi connectivity index (χ1v) is 5.68. The quantitative estimate of drug-likeness (QED) is 0.591. The first-order chi connectivity index (χ1) is 7.86. The van der Waals surface area contributed by atoms with Crippen LogP contribution >= 0.6 is 0 Å². The highest BCUT2D eigenvalue weighted by Gasteiger charge is 2.29. The van der Waals surface area contributed by atoms with E-state index in [0.717, 1.165) is 5.69 Å². The molecular weight excluding hydrogens is 204 g/mol. The third kappa shape index (κ3) is 2.15. The standard InChI is InChI=1S/C11H18N4O/c1-16-11-10(13-6-7-14-11)9(15-12)8-4-2-3-5-8/h6-9,15H,2-5,12H2,1H3. The molecule has 5 nitrogen and oxygen atoms in total. The van der Waals surface area contributed by atoms with Crippen LogP contribution in [0.5, 0.6) is 5.88 Å². The normalized spacial score (nSPS) is 18.6. The molecule has 2 rings (SSSR count). The van der Waals surface area contributed by atoms with E-state index >= 15 is 0 Å². The van der Waals surface area contributed by atoms with Crippen LogP contribution in [0.15, 0.2) is 12.4 Å². The first kappa shape index (κ1) is 11.3. The lowest BCUT2D eigenvalue weighted by Crippen LogP contribution is -2.33. The van der Waals surface area contributed by atoms with Crippen molar-refractivity contribution < 1.29 is 4.74 Å². The van der Waals surface area contributed by atoms with E-state index in [1.807, 2.05) is 0 Å². The molecule has 0 amide bonds. The van der Waals surface area contributed by atoms with Crippen LogP contribution in [0.4, 0.5) is 0 Å². The SMILES string of the molecule is COc1nccnc1C(NN)C1CCCC1. The van der Waals surface area contributed by atoms with Crippen LogP contribution in [0.1, 0.15) is 37.4 Å². The second-order valence-corrected chi connectivity index (χ2v) is 4.14. The number of methoxy groups -OCH3 is 1. The van der Waals surface area contributed by atoms with Crippen molar-refractivity contribution in [1.29, 1.82) is 0 Å². The van der Waals surface area contributed by atoms with Crippen molar-refractivity contribution in [2.45, 2.75) is 31.7 Å². The number of nitrogens with zero attached hydrogens (tertiary/aromatic N) is 2. The summed E-state index contributed by atoms with van der Waals surface area (Å²) in [7, 11) is 1.61. The molecule has 1 fully saturated rings. The van der Waals surface area contributed by atoms with Crippen LogP contribution in [-0.4, -0.2) is 17.1 Å². The zero-order valence-corrected chi connectivity index (χ0v) is 9.52. The summed E-state index contributed by atoms with van der Waals surface area (Å²) in [5.41, 5.74) is 3.67. The minimum Gasteiger partial charge on any atom is -0.480 e. The third-order valence-corrected chi connectivity index (χ3v) is 3.23. The number of hydrogen-bond donors (Lipinski definition) is 2. The molecule has 5 heteroatoms. The molecule has 1 atom stereocenters. The fraction of sp³-hybridized carbons (Fsp3) is 0.636. The molecule has 0 radical (unpaired) electrons. The van der Waals surface area contributed by atoms with Gasteiger partial charge in [-0.2, -0.15) is 0 Å². The highest BCUT2D eigenvalue weighted by atomic mass is 16.5. The molecule has 3 N–H and O–H groups in total. The van der Waals surface area contributed by atoms with E-state index in [1.165, 1.54) is 25.7 Å². The fourth-order valence-corrected chi connectivity index (χ4v) is 2.44. The predicted molar refractivity (Wildman–Crippen MR) is 60.6 cm³/mol. The monoisotopic (exact) mass is 222 g/mol. The summed E-state index contributed by atoms with van der Waals surface area (Å²) in [4.78, 5) is 8.49. The molecule has 1 aliphatic rings. The molecule has 1 aliphatic carbocycles. The van der Waals surface area contributed by atoms with Gasteiger partial charge in [0.05, 0.1) is 13.2 Å². The summed E-state index contributed by atoms with van der Waals surface area (Å²) in [5, 5.41) is 0. The number of ether oxygens (including phenoxy) is 1.